The molecule has 0 N–H and O–H groups in total. The predicted octanol–water partition coefficient (Wildman–Crippen LogP) is 2.79. The summed E-state index contributed by atoms with van der Waals surface area (Å²) in [6.45, 7) is 5.81. The number of rotatable bonds is 6. The molecule has 0 bridgehead atoms. The van der Waals surface area contributed by atoms with Crippen LogP contribution in [0.3, 0.4) is 0 Å². The van der Waals surface area contributed by atoms with Crippen LogP contribution in [-0.4, -0.2) is 56.3 Å². The van der Waals surface area contributed by atoms with E-state index < -0.39 is 10.0 Å². The zero-order valence-corrected chi connectivity index (χ0v) is 17.1. The normalized spacial score (nSPS) is 15.4. The molecule has 2 aromatic rings. The number of carbonyl (C=O) groups is 1. The molecule has 0 radical (unpaired) electrons. The second kappa shape index (κ2) is 8.75. The largest absolute Gasteiger partial charge is 0.494 e. The van der Waals surface area contributed by atoms with E-state index in [1.807, 2.05) is 31.2 Å². The third-order valence-electron chi connectivity index (χ3n) is 4.91. The molecular weight excluding hydrogens is 376 g/mol. The van der Waals surface area contributed by atoms with Gasteiger partial charge in [-0.1, -0.05) is 19.1 Å². The maximum atomic E-state index is 12.9. The number of amides is 1. The van der Waals surface area contributed by atoms with Gasteiger partial charge in [-0.15, -0.1) is 0 Å². The molecule has 0 aromatic heterocycles. The lowest BCUT2D eigenvalue weighted by Gasteiger charge is -2.34. The molecule has 1 aliphatic rings. The van der Waals surface area contributed by atoms with Crippen LogP contribution >= 0.6 is 0 Å². The highest BCUT2D eigenvalue weighted by Crippen LogP contribution is 2.21. The fourth-order valence-corrected chi connectivity index (χ4v) is 4.64. The van der Waals surface area contributed by atoms with Crippen molar-refractivity contribution in [2.24, 2.45) is 0 Å². The molecule has 28 heavy (non-hydrogen) atoms. The van der Waals surface area contributed by atoms with Crippen LogP contribution in [0.4, 0.5) is 0 Å². The molecule has 150 valence electrons. The molecule has 0 unspecified atom stereocenters. The lowest BCUT2D eigenvalue weighted by molar-refractivity contribution is 0.0698. The highest BCUT2D eigenvalue weighted by Gasteiger charge is 2.30. The number of sulfonamides is 1. The molecule has 0 saturated carbocycles. The van der Waals surface area contributed by atoms with E-state index in [1.54, 1.807) is 29.2 Å². The minimum atomic E-state index is -3.58. The number of piperazine rings is 1. The van der Waals surface area contributed by atoms with Crippen LogP contribution < -0.4 is 4.74 Å². The van der Waals surface area contributed by atoms with Crippen LogP contribution in [0.15, 0.2) is 53.4 Å². The first-order chi connectivity index (χ1) is 13.5. The van der Waals surface area contributed by atoms with Gasteiger partial charge in [0.25, 0.3) is 5.91 Å². The van der Waals surface area contributed by atoms with E-state index in [2.05, 4.69) is 6.92 Å². The number of hydrogen-bond donors (Lipinski definition) is 0. The molecule has 7 heteroatoms. The first-order valence-electron chi connectivity index (χ1n) is 9.57. The first-order valence-corrected chi connectivity index (χ1v) is 11.0. The van der Waals surface area contributed by atoms with Gasteiger partial charge in [-0.2, -0.15) is 4.31 Å². The van der Waals surface area contributed by atoms with Gasteiger partial charge in [0, 0.05) is 31.7 Å². The van der Waals surface area contributed by atoms with Crippen molar-refractivity contribution in [2.75, 3.05) is 32.8 Å². The summed E-state index contributed by atoms with van der Waals surface area (Å²) in [6, 6.07) is 14.0. The summed E-state index contributed by atoms with van der Waals surface area (Å²) in [7, 11) is -3.58. The average molecular weight is 403 g/mol. The smallest absolute Gasteiger partial charge is 0.253 e. The minimum absolute atomic E-state index is 0.0548. The van der Waals surface area contributed by atoms with Gasteiger partial charge in [-0.05, 0) is 55.3 Å². The summed E-state index contributed by atoms with van der Waals surface area (Å²) >= 11 is 0. The number of ether oxygens (including phenoxy) is 1. The van der Waals surface area contributed by atoms with E-state index in [0.29, 0.717) is 31.0 Å². The third-order valence-corrected chi connectivity index (χ3v) is 6.82. The van der Waals surface area contributed by atoms with E-state index in [-0.39, 0.29) is 23.9 Å². The summed E-state index contributed by atoms with van der Waals surface area (Å²) in [5, 5.41) is 0. The summed E-state index contributed by atoms with van der Waals surface area (Å²) < 4.78 is 32.5. The SMILES string of the molecule is CCOc1ccc(S(=O)(=O)N2CCN(C(=O)c3ccc(CC)cc3)CC2)cc1. The van der Waals surface area contributed by atoms with Gasteiger partial charge in [-0.25, -0.2) is 8.42 Å². The van der Waals surface area contributed by atoms with Crippen LogP contribution in [0, 0.1) is 0 Å². The van der Waals surface area contributed by atoms with Crippen LogP contribution in [-0.2, 0) is 16.4 Å². The molecule has 0 aliphatic carbocycles. The van der Waals surface area contributed by atoms with Crippen LogP contribution in [0.25, 0.3) is 0 Å². The highest BCUT2D eigenvalue weighted by atomic mass is 32.2. The average Bonchev–Trinajstić information content (AvgIpc) is 2.74. The van der Waals surface area contributed by atoms with E-state index in [0.717, 1.165) is 6.42 Å². The van der Waals surface area contributed by atoms with Crippen molar-refractivity contribution in [3.63, 3.8) is 0 Å². The Morgan fingerprint density at radius 1 is 0.929 bits per heavy atom. The summed E-state index contributed by atoms with van der Waals surface area (Å²) in [5.74, 6) is 0.590. The zero-order valence-electron chi connectivity index (χ0n) is 16.3. The molecule has 1 aliphatic heterocycles. The van der Waals surface area contributed by atoms with Crippen molar-refractivity contribution in [1.82, 2.24) is 9.21 Å². The number of nitrogens with zero attached hydrogens (tertiary/aromatic N) is 2. The van der Waals surface area contributed by atoms with Crippen molar-refractivity contribution < 1.29 is 17.9 Å². The Morgan fingerprint density at radius 3 is 2.07 bits per heavy atom. The van der Waals surface area contributed by atoms with Gasteiger partial charge >= 0.3 is 0 Å². The minimum Gasteiger partial charge on any atom is -0.494 e. The molecule has 0 atom stereocenters. The van der Waals surface area contributed by atoms with E-state index >= 15 is 0 Å². The Kier molecular flexibility index (Phi) is 6.36. The summed E-state index contributed by atoms with van der Waals surface area (Å²) in [4.78, 5) is 14.6. The lowest BCUT2D eigenvalue weighted by atomic mass is 10.1. The number of hydrogen-bond acceptors (Lipinski definition) is 4. The Morgan fingerprint density at radius 2 is 1.54 bits per heavy atom. The van der Waals surface area contributed by atoms with Gasteiger partial charge in [0.05, 0.1) is 11.5 Å². The van der Waals surface area contributed by atoms with Crippen LogP contribution in [0.2, 0.25) is 0 Å². The first kappa shape index (κ1) is 20.4. The van der Waals surface area contributed by atoms with E-state index in [9.17, 15) is 13.2 Å². The molecule has 1 amide bonds. The van der Waals surface area contributed by atoms with Crippen LogP contribution in [0.5, 0.6) is 5.75 Å². The maximum absolute atomic E-state index is 12.9. The molecular formula is C21H26N2O4S. The van der Waals surface area contributed by atoms with Crippen molar-refractivity contribution >= 4 is 15.9 Å². The number of carbonyl (C=O) groups excluding carboxylic acids is 1. The quantitative estimate of drug-likeness (QED) is 0.745. The van der Waals surface area contributed by atoms with E-state index in [4.69, 9.17) is 4.74 Å². The standard InChI is InChI=1S/C21H26N2O4S/c1-3-17-5-7-18(8-6-17)21(24)22-13-15-23(16-14-22)28(25,26)20-11-9-19(10-12-20)27-4-2/h5-12H,3-4,13-16H2,1-2H3. The van der Waals surface area contributed by atoms with Crippen molar-refractivity contribution in [3.8, 4) is 5.75 Å². The van der Waals surface area contributed by atoms with Crippen molar-refractivity contribution in [1.29, 1.82) is 0 Å². The molecule has 1 saturated heterocycles. The molecule has 6 nitrogen and oxygen atoms in total. The lowest BCUT2D eigenvalue weighted by Crippen LogP contribution is -2.50. The fraction of sp³-hybridized carbons (Fsp3) is 0.381. The van der Waals surface area contributed by atoms with Crippen LogP contribution in [0.1, 0.15) is 29.8 Å². The zero-order chi connectivity index (χ0) is 20.1. The molecule has 2 aromatic carbocycles. The van der Waals surface area contributed by atoms with Gasteiger partial charge in [0.2, 0.25) is 10.0 Å². The second-order valence-corrected chi connectivity index (χ2v) is 8.59. The highest BCUT2D eigenvalue weighted by molar-refractivity contribution is 7.89. The predicted molar refractivity (Wildman–Crippen MR) is 108 cm³/mol. The van der Waals surface area contributed by atoms with Gasteiger partial charge < -0.3 is 9.64 Å². The topological polar surface area (TPSA) is 66.9 Å². The second-order valence-electron chi connectivity index (χ2n) is 6.65. The number of aryl methyl sites for hydroxylation is 1. The van der Waals surface area contributed by atoms with Gasteiger partial charge in [-0.3, -0.25) is 4.79 Å². The molecule has 1 fully saturated rings. The van der Waals surface area contributed by atoms with Gasteiger partial charge in [0.15, 0.2) is 0 Å². The Labute approximate surface area is 166 Å². The van der Waals surface area contributed by atoms with Crippen molar-refractivity contribution in [2.45, 2.75) is 25.2 Å². The molecule has 3 rings (SSSR count). The Hall–Kier alpha value is -2.38. The monoisotopic (exact) mass is 402 g/mol. The van der Waals surface area contributed by atoms with E-state index in [1.165, 1.54) is 9.87 Å². The van der Waals surface area contributed by atoms with Gasteiger partial charge in [0.1, 0.15) is 5.75 Å². The number of benzene rings is 2. The van der Waals surface area contributed by atoms with Crippen molar-refractivity contribution in [3.05, 3.63) is 59.7 Å². The third kappa shape index (κ3) is 4.36. The summed E-state index contributed by atoms with van der Waals surface area (Å²) in [6.07, 6.45) is 0.927. The summed E-state index contributed by atoms with van der Waals surface area (Å²) in [5.41, 5.74) is 1.82. The maximum Gasteiger partial charge on any atom is 0.253 e. The Bertz CT molecular complexity index is 900. The molecule has 1 heterocycles. The Balaban J connectivity index is 1.64. The fourth-order valence-electron chi connectivity index (χ4n) is 3.22. The molecule has 0 spiro atoms.